The van der Waals surface area contributed by atoms with Gasteiger partial charge in [-0.1, -0.05) is 11.8 Å². The molecule has 1 aromatic heterocycles. The second kappa shape index (κ2) is 2.57. The Labute approximate surface area is 63.0 Å². The van der Waals surface area contributed by atoms with Crippen LogP contribution < -0.4 is 0 Å². The van der Waals surface area contributed by atoms with E-state index in [1.165, 1.54) is 12.8 Å². The standard InChI is InChI=1S/C5H8N4S/c1-2-4-10-5-6-7-8-9(5)3-1/h1-4H2. The predicted molar refractivity (Wildman–Crippen MR) is 37.8 cm³/mol. The Morgan fingerprint density at radius 3 is 3.40 bits per heavy atom. The van der Waals surface area contributed by atoms with Gasteiger partial charge in [0.25, 0.3) is 0 Å². The molecule has 0 saturated heterocycles. The topological polar surface area (TPSA) is 43.6 Å². The minimum absolute atomic E-state index is 0.970. The van der Waals surface area contributed by atoms with Crippen LogP contribution in [0.25, 0.3) is 0 Å². The number of thioether (sulfide) groups is 1. The van der Waals surface area contributed by atoms with Crippen molar-refractivity contribution in [1.82, 2.24) is 20.2 Å². The quantitative estimate of drug-likeness (QED) is 0.550. The monoisotopic (exact) mass is 156 g/mol. The van der Waals surface area contributed by atoms with Crippen molar-refractivity contribution in [3.63, 3.8) is 0 Å². The molecule has 54 valence electrons. The fourth-order valence-electron chi connectivity index (χ4n) is 0.967. The molecule has 1 aromatic rings. The Morgan fingerprint density at radius 1 is 1.40 bits per heavy atom. The summed E-state index contributed by atoms with van der Waals surface area (Å²) in [5.74, 6) is 1.15. The molecule has 5 heteroatoms. The molecule has 2 heterocycles. The average Bonchev–Trinajstić information content (AvgIpc) is 2.28. The molecule has 0 aliphatic carbocycles. The van der Waals surface area contributed by atoms with Crippen molar-refractivity contribution in [2.24, 2.45) is 0 Å². The third-order valence-electron chi connectivity index (χ3n) is 1.49. The van der Waals surface area contributed by atoms with Gasteiger partial charge in [-0.3, -0.25) is 0 Å². The van der Waals surface area contributed by atoms with Gasteiger partial charge in [0.2, 0.25) is 5.16 Å². The zero-order chi connectivity index (χ0) is 6.81. The number of hydrogen-bond acceptors (Lipinski definition) is 4. The van der Waals surface area contributed by atoms with Gasteiger partial charge < -0.3 is 0 Å². The van der Waals surface area contributed by atoms with E-state index in [0.29, 0.717) is 0 Å². The zero-order valence-corrected chi connectivity index (χ0v) is 6.34. The van der Waals surface area contributed by atoms with Crippen LogP contribution in [0.2, 0.25) is 0 Å². The molecule has 4 nitrogen and oxygen atoms in total. The van der Waals surface area contributed by atoms with Crippen LogP contribution in [0.1, 0.15) is 12.8 Å². The molecular formula is C5H8N4S. The molecule has 0 amide bonds. The summed E-state index contributed by atoms with van der Waals surface area (Å²) in [7, 11) is 0. The van der Waals surface area contributed by atoms with E-state index in [0.717, 1.165) is 17.5 Å². The summed E-state index contributed by atoms with van der Waals surface area (Å²) in [4.78, 5) is 0. The summed E-state index contributed by atoms with van der Waals surface area (Å²) < 4.78 is 1.87. The zero-order valence-electron chi connectivity index (χ0n) is 5.53. The van der Waals surface area contributed by atoms with Gasteiger partial charge >= 0.3 is 0 Å². The van der Waals surface area contributed by atoms with Crippen LogP contribution in [-0.2, 0) is 6.54 Å². The van der Waals surface area contributed by atoms with Crippen LogP contribution >= 0.6 is 11.8 Å². The Balaban J connectivity index is 2.28. The molecule has 0 atom stereocenters. The summed E-state index contributed by atoms with van der Waals surface area (Å²) in [6.45, 7) is 0.981. The average molecular weight is 156 g/mol. The van der Waals surface area contributed by atoms with E-state index in [1.54, 1.807) is 11.8 Å². The lowest BCUT2D eigenvalue weighted by molar-refractivity contribution is 0.528. The predicted octanol–water partition coefficient (Wildman–Crippen LogP) is 0.559. The molecule has 1 aliphatic heterocycles. The highest BCUT2D eigenvalue weighted by Gasteiger charge is 2.09. The normalized spacial score (nSPS) is 18.0. The van der Waals surface area contributed by atoms with Crippen LogP contribution in [0, 0.1) is 0 Å². The number of tetrazole rings is 1. The Kier molecular flexibility index (Phi) is 1.58. The lowest BCUT2D eigenvalue weighted by atomic mass is 10.3. The fourth-order valence-corrected chi connectivity index (χ4v) is 1.87. The highest BCUT2D eigenvalue weighted by molar-refractivity contribution is 7.99. The van der Waals surface area contributed by atoms with E-state index in [9.17, 15) is 0 Å². The van der Waals surface area contributed by atoms with Crippen molar-refractivity contribution in [2.75, 3.05) is 5.75 Å². The first kappa shape index (κ1) is 6.15. The van der Waals surface area contributed by atoms with E-state index in [4.69, 9.17) is 0 Å². The number of aryl methyl sites for hydroxylation is 1. The molecule has 1 aliphatic rings. The second-order valence-corrected chi connectivity index (χ2v) is 3.30. The minimum Gasteiger partial charge on any atom is -0.220 e. The van der Waals surface area contributed by atoms with Crippen molar-refractivity contribution in [1.29, 1.82) is 0 Å². The van der Waals surface area contributed by atoms with Crippen molar-refractivity contribution < 1.29 is 0 Å². The summed E-state index contributed by atoms with van der Waals surface area (Å²) in [6, 6.07) is 0. The Morgan fingerprint density at radius 2 is 2.40 bits per heavy atom. The van der Waals surface area contributed by atoms with Crippen molar-refractivity contribution in [3.05, 3.63) is 0 Å². The van der Waals surface area contributed by atoms with Crippen molar-refractivity contribution in [3.8, 4) is 0 Å². The van der Waals surface area contributed by atoms with Crippen molar-refractivity contribution in [2.45, 2.75) is 24.5 Å². The maximum Gasteiger partial charge on any atom is 0.209 e. The molecule has 0 radical (unpaired) electrons. The van der Waals surface area contributed by atoms with E-state index in [1.807, 2.05) is 4.68 Å². The Bertz CT molecular complexity index is 201. The van der Waals surface area contributed by atoms with E-state index in [2.05, 4.69) is 15.5 Å². The van der Waals surface area contributed by atoms with Gasteiger partial charge in [0.15, 0.2) is 0 Å². The van der Waals surface area contributed by atoms with Crippen LogP contribution in [0.3, 0.4) is 0 Å². The largest absolute Gasteiger partial charge is 0.220 e. The third-order valence-corrected chi connectivity index (χ3v) is 2.54. The third kappa shape index (κ3) is 1.01. The first-order valence-electron chi connectivity index (χ1n) is 3.36. The van der Waals surface area contributed by atoms with Gasteiger partial charge in [0.1, 0.15) is 0 Å². The van der Waals surface area contributed by atoms with Crippen LogP contribution in [-0.4, -0.2) is 26.0 Å². The summed E-state index contributed by atoms with van der Waals surface area (Å²) in [6.07, 6.45) is 2.46. The molecule has 0 fully saturated rings. The Hall–Kier alpha value is -0.580. The van der Waals surface area contributed by atoms with E-state index in [-0.39, 0.29) is 0 Å². The molecule has 0 saturated carbocycles. The first-order chi connectivity index (χ1) is 4.97. The fraction of sp³-hybridized carbons (Fsp3) is 0.800. The number of rotatable bonds is 0. The van der Waals surface area contributed by atoms with Gasteiger partial charge in [-0.25, -0.2) is 4.68 Å². The van der Waals surface area contributed by atoms with Gasteiger partial charge in [-0.15, -0.1) is 5.10 Å². The van der Waals surface area contributed by atoms with E-state index < -0.39 is 0 Å². The van der Waals surface area contributed by atoms with Crippen LogP contribution in [0.4, 0.5) is 0 Å². The van der Waals surface area contributed by atoms with Gasteiger partial charge in [-0.05, 0) is 23.3 Å². The van der Waals surface area contributed by atoms with Gasteiger partial charge in [0, 0.05) is 12.3 Å². The molecule has 10 heavy (non-hydrogen) atoms. The summed E-state index contributed by atoms with van der Waals surface area (Å²) in [5, 5.41) is 12.3. The second-order valence-electron chi connectivity index (χ2n) is 2.24. The highest BCUT2D eigenvalue weighted by atomic mass is 32.2. The van der Waals surface area contributed by atoms with Crippen LogP contribution in [0.15, 0.2) is 5.16 Å². The molecule has 2 rings (SSSR count). The van der Waals surface area contributed by atoms with Gasteiger partial charge in [0.05, 0.1) is 0 Å². The smallest absolute Gasteiger partial charge is 0.209 e. The van der Waals surface area contributed by atoms with Gasteiger partial charge in [-0.2, -0.15) is 0 Å². The molecule has 0 bridgehead atoms. The molecule has 0 aromatic carbocycles. The number of nitrogens with zero attached hydrogens (tertiary/aromatic N) is 4. The minimum atomic E-state index is 0.970. The molecule has 0 spiro atoms. The lowest BCUT2D eigenvalue weighted by Gasteiger charge is -1.93. The lowest BCUT2D eigenvalue weighted by Crippen LogP contribution is -1.99. The maximum atomic E-state index is 3.88. The van der Waals surface area contributed by atoms with Crippen LogP contribution in [0.5, 0.6) is 0 Å². The SMILES string of the molecule is C1CCn2nnnc2SC1. The van der Waals surface area contributed by atoms with E-state index >= 15 is 0 Å². The number of aromatic nitrogens is 4. The maximum absolute atomic E-state index is 3.88. The summed E-state index contributed by atoms with van der Waals surface area (Å²) >= 11 is 1.74. The highest BCUT2D eigenvalue weighted by Crippen LogP contribution is 2.19. The number of fused-ring (bicyclic) bond motifs is 1. The first-order valence-corrected chi connectivity index (χ1v) is 4.34. The molecule has 0 unspecified atom stereocenters. The molecule has 0 N–H and O–H groups in total. The molecular weight excluding hydrogens is 148 g/mol. The summed E-state index contributed by atoms with van der Waals surface area (Å²) in [5.41, 5.74) is 0. The number of hydrogen-bond donors (Lipinski definition) is 0. The van der Waals surface area contributed by atoms with Crippen molar-refractivity contribution >= 4 is 11.8 Å².